The largest absolute Gasteiger partial charge is 0.315 e. The van der Waals surface area contributed by atoms with E-state index in [1.165, 1.54) is 42.8 Å². The van der Waals surface area contributed by atoms with Crippen LogP contribution in [0, 0.1) is 5.92 Å². The Bertz CT molecular complexity index is 435. The van der Waals surface area contributed by atoms with E-state index < -0.39 is 0 Å². The zero-order valence-electron chi connectivity index (χ0n) is 10.5. The lowest BCUT2D eigenvalue weighted by atomic mass is 9.90. The van der Waals surface area contributed by atoms with Gasteiger partial charge in [-0.2, -0.15) is 0 Å². The minimum atomic E-state index is 0.369. The van der Waals surface area contributed by atoms with E-state index in [9.17, 15) is 0 Å². The maximum absolute atomic E-state index is 6.29. The van der Waals surface area contributed by atoms with Gasteiger partial charge in [0.2, 0.25) is 0 Å². The van der Waals surface area contributed by atoms with Gasteiger partial charge in [0.15, 0.2) is 0 Å². The van der Waals surface area contributed by atoms with Crippen molar-refractivity contribution < 1.29 is 0 Å². The molecular weight excluding hydrogens is 287 g/mol. The van der Waals surface area contributed by atoms with Crippen LogP contribution in [0.2, 0.25) is 8.67 Å². The van der Waals surface area contributed by atoms with Crippen molar-refractivity contribution in [1.29, 1.82) is 0 Å². The third-order valence-corrected chi connectivity index (χ3v) is 5.87. The zero-order chi connectivity index (χ0) is 12.7. The summed E-state index contributed by atoms with van der Waals surface area (Å²) in [5.41, 5.74) is 1.19. The fraction of sp³-hybridized carbons (Fsp3) is 0.692. The molecule has 3 atom stereocenters. The number of halogens is 2. The first-order chi connectivity index (χ1) is 8.66. The first-order valence-corrected chi connectivity index (χ1v) is 8.15. The van der Waals surface area contributed by atoms with Gasteiger partial charge in [0, 0.05) is 24.2 Å². The highest BCUT2D eigenvalue weighted by Gasteiger charge is 2.37. The van der Waals surface area contributed by atoms with Crippen molar-refractivity contribution in [3.05, 3.63) is 20.3 Å². The lowest BCUT2D eigenvalue weighted by Crippen LogP contribution is -2.46. The standard InChI is InChI=1S/C13H18Cl2N2S/c1-8(10-5-12(14)18-13(10)15)17-4-2-3-9-6-16-7-11(9)17/h5,8-9,11,16H,2-4,6-7H2,1H3. The van der Waals surface area contributed by atoms with Gasteiger partial charge in [-0.15, -0.1) is 11.3 Å². The summed E-state index contributed by atoms with van der Waals surface area (Å²) in [5.74, 6) is 0.814. The Morgan fingerprint density at radius 1 is 1.44 bits per heavy atom. The van der Waals surface area contributed by atoms with Gasteiger partial charge in [-0.25, -0.2) is 0 Å². The van der Waals surface area contributed by atoms with E-state index in [1.807, 2.05) is 6.07 Å². The van der Waals surface area contributed by atoms with E-state index in [1.54, 1.807) is 0 Å². The molecule has 0 radical (unpaired) electrons. The van der Waals surface area contributed by atoms with E-state index >= 15 is 0 Å². The number of rotatable bonds is 2. The van der Waals surface area contributed by atoms with Crippen molar-refractivity contribution in [2.75, 3.05) is 19.6 Å². The van der Waals surface area contributed by atoms with E-state index in [0.29, 0.717) is 12.1 Å². The SMILES string of the molecule is CC(c1cc(Cl)sc1Cl)N1CCCC2CNCC21. The first kappa shape index (κ1) is 13.2. The van der Waals surface area contributed by atoms with Gasteiger partial charge in [0.1, 0.15) is 0 Å². The Morgan fingerprint density at radius 2 is 2.28 bits per heavy atom. The molecule has 3 unspecified atom stereocenters. The molecule has 0 bridgehead atoms. The van der Waals surface area contributed by atoms with Crippen LogP contribution < -0.4 is 5.32 Å². The first-order valence-electron chi connectivity index (χ1n) is 6.58. The van der Waals surface area contributed by atoms with Crippen LogP contribution in [-0.2, 0) is 0 Å². The zero-order valence-corrected chi connectivity index (χ0v) is 12.8. The smallest absolute Gasteiger partial charge is 0.0991 e. The van der Waals surface area contributed by atoms with E-state index in [-0.39, 0.29) is 0 Å². The van der Waals surface area contributed by atoms with Crippen molar-refractivity contribution in [3.63, 3.8) is 0 Å². The maximum atomic E-state index is 6.29. The van der Waals surface area contributed by atoms with Gasteiger partial charge in [-0.05, 0) is 44.8 Å². The molecule has 2 saturated heterocycles. The predicted octanol–water partition coefficient (Wildman–Crippen LogP) is 3.80. The molecule has 2 fully saturated rings. The summed E-state index contributed by atoms with van der Waals surface area (Å²) in [5, 5.41) is 3.52. The van der Waals surface area contributed by atoms with Crippen molar-refractivity contribution in [2.24, 2.45) is 5.92 Å². The molecule has 1 aromatic rings. The lowest BCUT2D eigenvalue weighted by molar-refractivity contribution is 0.0850. The second-order valence-corrected chi connectivity index (χ2v) is 7.61. The van der Waals surface area contributed by atoms with Crippen LogP contribution in [0.1, 0.15) is 31.4 Å². The molecule has 0 spiro atoms. The summed E-state index contributed by atoms with van der Waals surface area (Å²) in [6.45, 7) is 5.72. The quantitative estimate of drug-likeness (QED) is 0.894. The van der Waals surface area contributed by atoms with Crippen molar-refractivity contribution in [3.8, 4) is 0 Å². The fourth-order valence-electron chi connectivity index (χ4n) is 3.40. The molecule has 2 aliphatic heterocycles. The van der Waals surface area contributed by atoms with Crippen LogP contribution in [0.3, 0.4) is 0 Å². The molecule has 2 nitrogen and oxygen atoms in total. The fourth-order valence-corrected chi connectivity index (χ4v) is 5.03. The highest BCUT2D eigenvalue weighted by atomic mass is 35.5. The maximum Gasteiger partial charge on any atom is 0.0991 e. The Hall–Kier alpha value is 0.200. The highest BCUT2D eigenvalue weighted by Crippen LogP contribution is 2.40. The molecule has 18 heavy (non-hydrogen) atoms. The monoisotopic (exact) mass is 304 g/mol. The van der Waals surface area contributed by atoms with Gasteiger partial charge in [-0.3, -0.25) is 4.90 Å². The Balaban J connectivity index is 1.83. The van der Waals surface area contributed by atoms with Crippen LogP contribution in [0.25, 0.3) is 0 Å². The van der Waals surface area contributed by atoms with Crippen LogP contribution in [0.15, 0.2) is 6.07 Å². The molecule has 1 aromatic heterocycles. The van der Waals surface area contributed by atoms with Crippen LogP contribution in [0.5, 0.6) is 0 Å². The van der Waals surface area contributed by atoms with E-state index in [0.717, 1.165) is 21.1 Å². The minimum Gasteiger partial charge on any atom is -0.315 e. The third kappa shape index (κ3) is 2.32. The van der Waals surface area contributed by atoms with E-state index in [2.05, 4.69) is 17.1 Å². The number of piperidine rings is 1. The molecule has 0 aromatic carbocycles. The number of hydrogen-bond acceptors (Lipinski definition) is 3. The molecule has 3 rings (SSSR count). The topological polar surface area (TPSA) is 15.3 Å². The summed E-state index contributed by atoms with van der Waals surface area (Å²) >= 11 is 13.8. The van der Waals surface area contributed by atoms with Crippen LogP contribution in [-0.4, -0.2) is 30.6 Å². The normalized spacial score (nSPS) is 30.4. The van der Waals surface area contributed by atoms with Crippen molar-refractivity contribution >= 4 is 34.5 Å². The van der Waals surface area contributed by atoms with Crippen molar-refractivity contribution in [2.45, 2.75) is 31.8 Å². The molecule has 1 N–H and O–H groups in total. The van der Waals surface area contributed by atoms with Gasteiger partial charge < -0.3 is 5.32 Å². The molecule has 2 aliphatic rings. The Labute approximate surface area is 122 Å². The number of nitrogens with one attached hydrogen (secondary N) is 1. The average Bonchev–Trinajstić information content (AvgIpc) is 2.94. The number of hydrogen-bond donors (Lipinski definition) is 1. The lowest BCUT2D eigenvalue weighted by Gasteiger charge is -2.41. The van der Waals surface area contributed by atoms with Crippen molar-refractivity contribution in [1.82, 2.24) is 10.2 Å². The average molecular weight is 305 g/mol. The predicted molar refractivity (Wildman–Crippen MR) is 78.8 cm³/mol. The van der Waals surface area contributed by atoms with Crippen LogP contribution in [0.4, 0.5) is 0 Å². The molecule has 0 aliphatic carbocycles. The van der Waals surface area contributed by atoms with Gasteiger partial charge in [-0.1, -0.05) is 23.2 Å². The molecular formula is C13H18Cl2N2S. The second-order valence-electron chi connectivity index (χ2n) is 5.32. The summed E-state index contributed by atoms with van der Waals surface area (Å²) in [6.07, 6.45) is 2.65. The van der Waals surface area contributed by atoms with Gasteiger partial charge >= 0.3 is 0 Å². The molecule has 100 valence electrons. The number of nitrogens with zero attached hydrogens (tertiary/aromatic N) is 1. The highest BCUT2D eigenvalue weighted by molar-refractivity contribution is 7.20. The summed E-state index contributed by atoms with van der Waals surface area (Å²) in [7, 11) is 0. The number of fused-ring (bicyclic) bond motifs is 1. The number of thiophene rings is 1. The van der Waals surface area contributed by atoms with Gasteiger partial charge in [0.25, 0.3) is 0 Å². The van der Waals surface area contributed by atoms with E-state index in [4.69, 9.17) is 23.2 Å². The third-order valence-electron chi connectivity index (χ3n) is 4.35. The second kappa shape index (κ2) is 5.29. The summed E-state index contributed by atoms with van der Waals surface area (Å²) < 4.78 is 1.64. The minimum absolute atomic E-state index is 0.369. The molecule has 3 heterocycles. The number of likely N-dealkylation sites (tertiary alicyclic amines) is 1. The van der Waals surface area contributed by atoms with Crippen LogP contribution >= 0.6 is 34.5 Å². The van der Waals surface area contributed by atoms with Gasteiger partial charge in [0.05, 0.1) is 8.67 Å². The Morgan fingerprint density at radius 3 is 3.00 bits per heavy atom. The molecule has 0 amide bonds. The Kier molecular flexibility index (Phi) is 3.88. The summed E-state index contributed by atoms with van der Waals surface area (Å²) in [6, 6.07) is 3.07. The molecule has 0 saturated carbocycles. The summed E-state index contributed by atoms with van der Waals surface area (Å²) in [4.78, 5) is 2.61. The molecule has 5 heteroatoms.